The molecule has 0 aliphatic carbocycles. The zero-order valence-electron chi connectivity index (χ0n) is 15.5. The molecule has 146 valence electrons. The van der Waals surface area contributed by atoms with Crippen LogP contribution in [-0.4, -0.2) is 30.3 Å². The lowest BCUT2D eigenvalue weighted by Crippen LogP contribution is -2.06. The van der Waals surface area contributed by atoms with Gasteiger partial charge >= 0.3 is 5.97 Å². The van der Waals surface area contributed by atoms with Crippen LogP contribution in [0.4, 0.5) is 0 Å². The number of aryl methyl sites for hydroxylation is 1. The zero-order valence-corrected chi connectivity index (χ0v) is 16.2. The molecule has 28 heavy (non-hydrogen) atoms. The summed E-state index contributed by atoms with van der Waals surface area (Å²) in [6, 6.07) is 12.7. The molecule has 3 aromatic rings. The Morgan fingerprint density at radius 1 is 1.11 bits per heavy atom. The zero-order chi connectivity index (χ0) is 19.9. The van der Waals surface area contributed by atoms with Gasteiger partial charge in [0.15, 0.2) is 18.1 Å². The molecule has 0 amide bonds. The summed E-state index contributed by atoms with van der Waals surface area (Å²) < 4.78 is 20.8. The van der Waals surface area contributed by atoms with Crippen LogP contribution < -0.4 is 9.47 Å². The lowest BCUT2D eigenvalue weighted by molar-refractivity contribution is -0.145. The number of carbonyl (C=O) groups is 1. The number of aromatic nitrogens is 2. The Labute approximate surface area is 167 Å². The van der Waals surface area contributed by atoms with Crippen molar-refractivity contribution in [2.45, 2.75) is 19.4 Å². The Kier molecular flexibility index (Phi) is 6.49. The summed E-state index contributed by atoms with van der Waals surface area (Å²) in [6.07, 6.45) is 0.717. The third-order valence-corrected chi connectivity index (χ3v) is 4.33. The van der Waals surface area contributed by atoms with E-state index in [4.69, 9.17) is 30.3 Å². The topological polar surface area (TPSA) is 83.7 Å². The fourth-order valence-electron chi connectivity index (χ4n) is 2.56. The van der Waals surface area contributed by atoms with Gasteiger partial charge < -0.3 is 18.7 Å². The average molecular weight is 403 g/mol. The second-order valence-electron chi connectivity index (χ2n) is 5.84. The lowest BCUT2D eigenvalue weighted by Gasteiger charge is -2.09. The van der Waals surface area contributed by atoms with Crippen LogP contribution in [0.1, 0.15) is 17.9 Å². The Balaban J connectivity index is 1.52. The van der Waals surface area contributed by atoms with Gasteiger partial charge in [-0.1, -0.05) is 35.0 Å². The van der Waals surface area contributed by atoms with Crippen molar-refractivity contribution in [3.05, 3.63) is 58.9 Å². The lowest BCUT2D eigenvalue weighted by atomic mass is 10.1. The second-order valence-corrected chi connectivity index (χ2v) is 6.25. The van der Waals surface area contributed by atoms with Crippen molar-refractivity contribution < 1.29 is 23.5 Å². The van der Waals surface area contributed by atoms with Gasteiger partial charge in [-0.05, 0) is 36.2 Å². The third-order valence-electron chi connectivity index (χ3n) is 4.01. The number of carbonyl (C=O) groups excluding carboxylic acids is 1. The summed E-state index contributed by atoms with van der Waals surface area (Å²) in [5.74, 6) is 1.44. The van der Waals surface area contributed by atoms with Crippen LogP contribution in [0.3, 0.4) is 0 Å². The highest BCUT2D eigenvalue weighted by molar-refractivity contribution is 6.33. The molecule has 0 aliphatic rings. The minimum absolute atomic E-state index is 0.0950. The van der Waals surface area contributed by atoms with Crippen molar-refractivity contribution in [3.8, 4) is 22.9 Å². The predicted molar refractivity (Wildman–Crippen MR) is 102 cm³/mol. The summed E-state index contributed by atoms with van der Waals surface area (Å²) in [6.45, 7) is -0.0950. The van der Waals surface area contributed by atoms with E-state index >= 15 is 0 Å². The molecule has 0 spiro atoms. The molecule has 2 aromatic carbocycles. The quantitative estimate of drug-likeness (QED) is 0.525. The van der Waals surface area contributed by atoms with Crippen molar-refractivity contribution in [2.75, 3.05) is 14.2 Å². The van der Waals surface area contributed by atoms with Crippen LogP contribution >= 0.6 is 11.6 Å². The van der Waals surface area contributed by atoms with E-state index in [0.717, 1.165) is 5.56 Å². The minimum Gasteiger partial charge on any atom is -0.493 e. The fraction of sp³-hybridized carbons (Fsp3) is 0.250. The summed E-state index contributed by atoms with van der Waals surface area (Å²) in [7, 11) is 3.14. The molecule has 0 N–H and O–H groups in total. The van der Waals surface area contributed by atoms with Gasteiger partial charge in [-0.25, -0.2) is 0 Å². The van der Waals surface area contributed by atoms with E-state index in [9.17, 15) is 4.79 Å². The van der Waals surface area contributed by atoms with Crippen LogP contribution in [-0.2, 0) is 22.6 Å². The molecule has 0 radical (unpaired) electrons. The molecule has 0 bridgehead atoms. The Bertz CT molecular complexity index is 957. The van der Waals surface area contributed by atoms with Gasteiger partial charge in [0.05, 0.1) is 19.2 Å². The van der Waals surface area contributed by atoms with E-state index in [1.54, 1.807) is 32.4 Å². The molecular weight excluding hydrogens is 384 g/mol. The molecule has 0 fully saturated rings. The molecule has 1 heterocycles. The molecule has 0 saturated heterocycles. The maximum Gasteiger partial charge on any atom is 0.306 e. The number of halogens is 1. The monoisotopic (exact) mass is 402 g/mol. The first kappa shape index (κ1) is 19.7. The van der Waals surface area contributed by atoms with E-state index in [2.05, 4.69) is 10.1 Å². The highest BCUT2D eigenvalue weighted by atomic mass is 35.5. The molecule has 3 rings (SSSR count). The minimum atomic E-state index is -0.368. The number of ether oxygens (including phenoxy) is 3. The maximum absolute atomic E-state index is 12.0. The first-order chi connectivity index (χ1) is 13.6. The number of esters is 1. The van der Waals surface area contributed by atoms with Crippen molar-refractivity contribution in [2.24, 2.45) is 0 Å². The predicted octanol–water partition coefficient (Wildman–Crippen LogP) is 4.08. The number of rotatable bonds is 8. The van der Waals surface area contributed by atoms with Gasteiger partial charge in [0.25, 0.3) is 5.89 Å². The Morgan fingerprint density at radius 2 is 1.89 bits per heavy atom. The smallest absolute Gasteiger partial charge is 0.306 e. The number of hydrogen-bond donors (Lipinski definition) is 0. The van der Waals surface area contributed by atoms with E-state index in [1.807, 2.05) is 24.3 Å². The van der Waals surface area contributed by atoms with Crippen molar-refractivity contribution >= 4 is 17.6 Å². The molecule has 0 atom stereocenters. The van der Waals surface area contributed by atoms with Crippen LogP contribution in [0.15, 0.2) is 47.0 Å². The second kappa shape index (κ2) is 9.23. The van der Waals surface area contributed by atoms with Gasteiger partial charge in [-0.15, -0.1) is 0 Å². The molecule has 0 aliphatic heterocycles. The summed E-state index contributed by atoms with van der Waals surface area (Å²) >= 11 is 6.11. The SMILES string of the molecule is COc1ccc(CCC(=O)OCc2nc(-c3ccccc3Cl)no2)cc1OC. The maximum atomic E-state index is 12.0. The van der Waals surface area contributed by atoms with Crippen LogP contribution in [0.2, 0.25) is 5.02 Å². The van der Waals surface area contributed by atoms with E-state index in [-0.39, 0.29) is 24.9 Å². The Morgan fingerprint density at radius 3 is 2.64 bits per heavy atom. The first-order valence-corrected chi connectivity index (χ1v) is 8.92. The van der Waals surface area contributed by atoms with E-state index in [1.165, 1.54) is 0 Å². The summed E-state index contributed by atoms with van der Waals surface area (Å²) in [5.41, 5.74) is 1.59. The van der Waals surface area contributed by atoms with Gasteiger partial charge in [0, 0.05) is 12.0 Å². The summed E-state index contributed by atoms with van der Waals surface area (Å²) in [5, 5.41) is 4.38. The van der Waals surface area contributed by atoms with E-state index < -0.39 is 0 Å². The number of hydrogen-bond acceptors (Lipinski definition) is 7. The van der Waals surface area contributed by atoms with Gasteiger partial charge in [-0.3, -0.25) is 4.79 Å². The van der Waals surface area contributed by atoms with Gasteiger partial charge in [0.1, 0.15) is 0 Å². The van der Waals surface area contributed by atoms with Crippen LogP contribution in [0, 0.1) is 0 Å². The van der Waals surface area contributed by atoms with Gasteiger partial charge in [-0.2, -0.15) is 4.98 Å². The Hall–Kier alpha value is -3.06. The molecule has 7 nitrogen and oxygen atoms in total. The van der Waals surface area contributed by atoms with E-state index in [0.29, 0.717) is 34.3 Å². The highest BCUT2D eigenvalue weighted by Gasteiger charge is 2.13. The largest absolute Gasteiger partial charge is 0.493 e. The van der Waals surface area contributed by atoms with Gasteiger partial charge in [0.2, 0.25) is 5.82 Å². The third kappa shape index (κ3) is 4.80. The fourth-order valence-corrected chi connectivity index (χ4v) is 2.78. The van der Waals surface area contributed by atoms with Crippen molar-refractivity contribution in [1.29, 1.82) is 0 Å². The standard InChI is InChI=1S/C20H19ClN2O5/c1-25-16-9-7-13(11-17(16)26-2)8-10-19(24)27-12-18-22-20(23-28-18)14-5-3-4-6-15(14)21/h3-7,9,11H,8,10,12H2,1-2H3. The normalized spacial score (nSPS) is 10.5. The number of methoxy groups -OCH3 is 2. The molecule has 0 saturated carbocycles. The first-order valence-electron chi connectivity index (χ1n) is 8.54. The molecule has 0 unspecified atom stereocenters. The average Bonchev–Trinajstić information content (AvgIpc) is 3.19. The molecule has 8 heteroatoms. The highest BCUT2D eigenvalue weighted by Crippen LogP contribution is 2.28. The van der Waals surface area contributed by atoms with Crippen molar-refractivity contribution in [3.63, 3.8) is 0 Å². The number of benzene rings is 2. The number of nitrogens with zero attached hydrogens (tertiary/aromatic N) is 2. The van der Waals surface area contributed by atoms with Crippen LogP contribution in [0.25, 0.3) is 11.4 Å². The van der Waals surface area contributed by atoms with Crippen LogP contribution in [0.5, 0.6) is 11.5 Å². The molecule has 1 aromatic heterocycles. The van der Waals surface area contributed by atoms with Crippen molar-refractivity contribution in [1.82, 2.24) is 10.1 Å². The molecular formula is C20H19ClN2O5. The summed E-state index contributed by atoms with van der Waals surface area (Å²) in [4.78, 5) is 16.2.